The molecule has 0 spiro atoms. The number of benzene rings is 2. The van der Waals surface area contributed by atoms with Gasteiger partial charge in [0.15, 0.2) is 0 Å². The summed E-state index contributed by atoms with van der Waals surface area (Å²) in [7, 11) is -3.84. The molecule has 2 aromatic heterocycles. The van der Waals surface area contributed by atoms with Gasteiger partial charge in [0, 0.05) is 5.56 Å². The number of aryl methyl sites for hydroxylation is 1. The van der Waals surface area contributed by atoms with Crippen molar-refractivity contribution in [2.24, 2.45) is 0 Å². The van der Waals surface area contributed by atoms with Gasteiger partial charge in [0.2, 0.25) is 15.9 Å². The van der Waals surface area contributed by atoms with Crippen LogP contribution in [0.15, 0.2) is 86.7 Å². The Morgan fingerprint density at radius 2 is 1.72 bits per heavy atom. The molecule has 0 aliphatic heterocycles. The number of rotatable bonds is 9. The van der Waals surface area contributed by atoms with E-state index >= 15 is 0 Å². The van der Waals surface area contributed by atoms with Crippen molar-refractivity contribution in [1.29, 1.82) is 0 Å². The van der Waals surface area contributed by atoms with Crippen LogP contribution in [0, 0.1) is 6.92 Å². The molecule has 0 fully saturated rings. The second-order valence-electron chi connectivity index (χ2n) is 7.14. The maximum atomic E-state index is 13.5. The quantitative estimate of drug-likeness (QED) is 0.354. The lowest BCUT2D eigenvalue weighted by Crippen LogP contribution is -2.30. The number of oxazole rings is 1. The van der Waals surface area contributed by atoms with Crippen molar-refractivity contribution in [3.8, 4) is 17.2 Å². The average Bonchev–Trinajstić information content (AvgIpc) is 3.44. The van der Waals surface area contributed by atoms with Crippen molar-refractivity contribution in [3.05, 3.63) is 90.2 Å². The monoisotopic (exact) mass is 452 g/mol. The van der Waals surface area contributed by atoms with E-state index in [9.17, 15) is 8.42 Å². The lowest BCUT2D eigenvalue weighted by atomic mass is 10.2. The van der Waals surface area contributed by atoms with E-state index in [1.165, 1.54) is 10.6 Å². The summed E-state index contributed by atoms with van der Waals surface area (Å²) < 4.78 is 45.0. The molecule has 0 radical (unpaired) electrons. The summed E-state index contributed by atoms with van der Waals surface area (Å²) in [6.45, 7) is 4.27. The largest absolute Gasteiger partial charge is 0.494 e. The number of sulfonamides is 1. The Morgan fingerprint density at radius 3 is 2.38 bits per heavy atom. The van der Waals surface area contributed by atoms with Crippen molar-refractivity contribution < 1.29 is 22.0 Å². The Morgan fingerprint density at radius 1 is 0.969 bits per heavy atom. The number of aromatic nitrogens is 1. The van der Waals surface area contributed by atoms with Crippen molar-refractivity contribution in [2.75, 3.05) is 6.61 Å². The second kappa shape index (κ2) is 9.42. The van der Waals surface area contributed by atoms with Gasteiger partial charge >= 0.3 is 0 Å². The molecule has 166 valence electrons. The zero-order valence-corrected chi connectivity index (χ0v) is 18.7. The number of ether oxygens (including phenoxy) is 1. The number of hydrogen-bond donors (Lipinski definition) is 0. The van der Waals surface area contributed by atoms with E-state index in [0.717, 1.165) is 5.56 Å². The summed E-state index contributed by atoms with van der Waals surface area (Å²) in [6.07, 6.45) is 1.52. The van der Waals surface area contributed by atoms with Crippen molar-refractivity contribution in [1.82, 2.24) is 9.29 Å². The predicted molar refractivity (Wildman–Crippen MR) is 119 cm³/mol. The van der Waals surface area contributed by atoms with Gasteiger partial charge in [0.05, 0.1) is 36.5 Å². The maximum Gasteiger partial charge on any atom is 0.243 e. The van der Waals surface area contributed by atoms with E-state index in [2.05, 4.69) is 4.98 Å². The summed E-state index contributed by atoms with van der Waals surface area (Å²) in [6, 6.07) is 19.3. The minimum Gasteiger partial charge on any atom is -0.494 e. The molecule has 0 aliphatic rings. The van der Waals surface area contributed by atoms with Crippen LogP contribution in [0.4, 0.5) is 0 Å². The van der Waals surface area contributed by atoms with E-state index in [0.29, 0.717) is 35.5 Å². The molecule has 4 aromatic rings. The van der Waals surface area contributed by atoms with Gasteiger partial charge in [-0.25, -0.2) is 13.4 Å². The molecule has 32 heavy (non-hydrogen) atoms. The SMILES string of the molecule is CCOc1ccc(S(=O)(=O)N(Cc2ccco2)Cc2nc(-c3ccccc3)oc2C)cc1. The molecular weight excluding hydrogens is 428 g/mol. The molecule has 2 aromatic carbocycles. The fourth-order valence-electron chi connectivity index (χ4n) is 3.27. The van der Waals surface area contributed by atoms with E-state index < -0.39 is 10.0 Å². The smallest absolute Gasteiger partial charge is 0.243 e. The van der Waals surface area contributed by atoms with Crippen LogP contribution in [0.25, 0.3) is 11.5 Å². The summed E-state index contributed by atoms with van der Waals surface area (Å²) >= 11 is 0. The maximum absolute atomic E-state index is 13.5. The second-order valence-corrected chi connectivity index (χ2v) is 9.08. The molecule has 0 amide bonds. The lowest BCUT2D eigenvalue weighted by Gasteiger charge is -2.20. The van der Waals surface area contributed by atoms with Gasteiger partial charge in [-0.15, -0.1) is 0 Å². The summed E-state index contributed by atoms with van der Waals surface area (Å²) in [5.74, 6) is 2.16. The molecule has 8 heteroatoms. The topological polar surface area (TPSA) is 85.8 Å². The molecule has 0 N–H and O–H groups in total. The van der Waals surface area contributed by atoms with Gasteiger partial charge in [0.25, 0.3) is 0 Å². The first kappa shape index (κ1) is 21.9. The first-order valence-electron chi connectivity index (χ1n) is 10.2. The molecule has 0 unspecified atom stereocenters. The van der Waals surface area contributed by atoms with Gasteiger partial charge in [-0.1, -0.05) is 18.2 Å². The number of nitrogens with zero attached hydrogens (tertiary/aromatic N) is 2. The van der Waals surface area contributed by atoms with Crippen molar-refractivity contribution >= 4 is 10.0 Å². The van der Waals surface area contributed by atoms with Crippen LogP contribution in [-0.2, 0) is 23.1 Å². The fourth-order valence-corrected chi connectivity index (χ4v) is 4.64. The minimum absolute atomic E-state index is 0.0401. The van der Waals surface area contributed by atoms with E-state index in [1.807, 2.05) is 37.3 Å². The standard InChI is InChI=1S/C24H24N2O5S/c1-3-29-20-11-13-22(14-12-20)32(27,28)26(16-21-10-7-15-30-21)17-23-18(2)31-24(25-23)19-8-5-4-6-9-19/h4-15H,3,16-17H2,1-2H3. The highest BCUT2D eigenvalue weighted by atomic mass is 32.2. The number of furan rings is 1. The van der Waals surface area contributed by atoms with Crippen LogP contribution in [-0.4, -0.2) is 24.3 Å². The lowest BCUT2D eigenvalue weighted by molar-refractivity contribution is 0.339. The Bertz CT molecular complexity index is 1250. The van der Waals surface area contributed by atoms with Crippen LogP contribution in [0.1, 0.15) is 24.1 Å². The highest BCUT2D eigenvalue weighted by Crippen LogP contribution is 2.27. The van der Waals surface area contributed by atoms with Gasteiger partial charge in [0.1, 0.15) is 17.3 Å². The molecule has 2 heterocycles. The Labute approximate surface area is 187 Å². The summed E-state index contributed by atoms with van der Waals surface area (Å²) in [5.41, 5.74) is 1.37. The fraction of sp³-hybridized carbons (Fsp3) is 0.208. The third-order valence-electron chi connectivity index (χ3n) is 4.92. The summed E-state index contributed by atoms with van der Waals surface area (Å²) in [5, 5.41) is 0. The molecule has 0 saturated heterocycles. The van der Waals surface area contributed by atoms with Crippen molar-refractivity contribution in [3.63, 3.8) is 0 Å². The first-order valence-corrected chi connectivity index (χ1v) is 11.7. The van der Waals surface area contributed by atoms with E-state index in [1.54, 1.807) is 43.3 Å². The van der Waals surface area contributed by atoms with E-state index in [4.69, 9.17) is 13.6 Å². The molecule has 0 aliphatic carbocycles. The van der Waals surface area contributed by atoms with Crippen LogP contribution in [0.5, 0.6) is 5.75 Å². The van der Waals surface area contributed by atoms with Gasteiger partial charge < -0.3 is 13.6 Å². The molecule has 7 nitrogen and oxygen atoms in total. The summed E-state index contributed by atoms with van der Waals surface area (Å²) in [4.78, 5) is 4.74. The first-order chi connectivity index (χ1) is 15.5. The van der Waals surface area contributed by atoms with Crippen LogP contribution >= 0.6 is 0 Å². The zero-order valence-electron chi connectivity index (χ0n) is 17.9. The van der Waals surface area contributed by atoms with Crippen molar-refractivity contribution in [2.45, 2.75) is 31.8 Å². The normalized spacial score (nSPS) is 11.7. The molecule has 0 saturated carbocycles. The van der Waals surface area contributed by atoms with Gasteiger partial charge in [-0.3, -0.25) is 0 Å². The van der Waals surface area contributed by atoms with Crippen LogP contribution < -0.4 is 4.74 Å². The molecular formula is C24H24N2O5S. The highest BCUT2D eigenvalue weighted by Gasteiger charge is 2.28. The third-order valence-corrected chi connectivity index (χ3v) is 6.73. The highest BCUT2D eigenvalue weighted by molar-refractivity contribution is 7.89. The zero-order chi connectivity index (χ0) is 22.6. The molecule has 4 rings (SSSR count). The Kier molecular flexibility index (Phi) is 6.43. The molecule has 0 atom stereocenters. The van der Waals surface area contributed by atoms with Crippen LogP contribution in [0.2, 0.25) is 0 Å². The Hall–Kier alpha value is -3.36. The minimum atomic E-state index is -3.84. The van der Waals surface area contributed by atoms with E-state index in [-0.39, 0.29) is 18.0 Å². The number of hydrogen-bond acceptors (Lipinski definition) is 6. The average molecular weight is 453 g/mol. The predicted octanol–water partition coefficient (Wildman–Crippen LogP) is 5.03. The third kappa shape index (κ3) is 4.76. The molecule has 0 bridgehead atoms. The Balaban J connectivity index is 1.66. The van der Waals surface area contributed by atoms with Crippen LogP contribution in [0.3, 0.4) is 0 Å². The van der Waals surface area contributed by atoms with Gasteiger partial charge in [-0.05, 0) is 62.4 Å². The van der Waals surface area contributed by atoms with Gasteiger partial charge in [-0.2, -0.15) is 4.31 Å².